The van der Waals surface area contributed by atoms with Crippen molar-refractivity contribution in [3.8, 4) is 0 Å². The molecule has 2 amide bonds. The van der Waals surface area contributed by atoms with E-state index in [1.165, 1.54) is 22.7 Å². The van der Waals surface area contributed by atoms with Gasteiger partial charge in [0.15, 0.2) is 0 Å². The van der Waals surface area contributed by atoms with Crippen LogP contribution in [0.4, 0.5) is 9.59 Å². The number of aromatic nitrogens is 2. The fraction of sp³-hybridized carbons (Fsp3) is 0.259. The summed E-state index contributed by atoms with van der Waals surface area (Å²) in [7, 11) is 0. The van der Waals surface area contributed by atoms with E-state index < -0.39 is 12.2 Å². The normalized spacial score (nSPS) is 10.6. The average Bonchev–Trinajstić information content (AvgIpc) is 3.64. The number of ether oxygens (including phenoxy) is 2. The van der Waals surface area contributed by atoms with Crippen molar-refractivity contribution in [3.05, 3.63) is 105 Å². The highest BCUT2D eigenvalue weighted by Crippen LogP contribution is 2.15. The van der Waals surface area contributed by atoms with Crippen LogP contribution in [0.1, 0.15) is 27.3 Å². The van der Waals surface area contributed by atoms with Crippen LogP contribution in [0.3, 0.4) is 0 Å². The third kappa shape index (κ3) is 8.69. The van der Waals surface area contributed by atoms with Crippen LogP contribution in [0.5, 0.6) is 0 Å². The molecule has 2 aromatic heterocycles. The Morgan fingerprint density at radius 2 is 1.27 bits per heavy atom. The van der Waals surface area contributed by atoms with E-state index in [-0.39, 0.29) is 13.2 Å². The monoisotopic (exact) mass is 536 g/mol. The summed E-state index contributed by atoms with van der Waals surface area (Å²) in [6.45, 7) is 2.00. The van der Waals surface area contributed by atoms with Gasteiger partial charge in [-0.1, -0.05) is 60.7 Å². The molecule has 8 nitrogen and oxygen atoms in total. The highest BCUT2D eigenvalue weighted by Gasteiger charge is 2.19. The molecular weight excluding hydrogens is 508 g/mol. The van der Waals surface area contributed by atoms with Gasteiger partial charge in [-0.3, -0.25) is 14.9 Å². The summed E-state index contributed by atoms with van der Waals surface area (Å²) in [5.41, 5.74) is 5.46. The Labute approximate surface area is 224 Å². The molecule has 0 saturated carbocycles. The van der Waals surface area contributed by atoms with E-state index in [1.54, 1.807) is 33.2 Å². The molecule has 0 atom stereocenters. The molecule has 0 saturated heterocycles. The number of thiazole rings is 2. The van der Waals surface area contributed by atoms with Gasteiger partial charge in [0.2, 0.25) is 0 Å². The number of benzene rings is 2. The van der Waals surface area contributed by atoms with Crippen LogP contribution in [0.2, 0.25) is 0 Å². The first-order valence-corrected chi connectivity index (χ1v) is 13.6. The first-order valence-electron chi connectivity index (χ1n) is 11.8. The van der Waals surface area contributed by atoms with Gasteiger partial charge in [0.05, 0.1) is 29.0 Å². The van der Waals surface area contributed by atoms with E-state index in [9.17, 15) is 9.59 Å². The van der Waals surface area contributed by atoms with Crippen LogP contribution in [0.15, 0.2) is 84.1 Å². The van der Waals surface area contributed by atoms with E-state index in [0.717, 1.165) is 20.9 Å². The van der Waals surface area contributed by atoms with Crippen LogP contribution in [-0.4, -0.2) is 45.1 Å². The second-order valence-electron chi connectivity index (χ2n) is 8.21. The minimum absolute atomic E-state index is 0.176. The van der Waals surface area contributed by atoms with E-state index in [2.05, 4.69) is 9.97 Å². The summed E-state index contributed by atoms with van der Waals surface area (Å²) < 4.78 is 11.1. The molecule has 0 aliphatic carbocycles. The van der Waals surface area contributed by atoms with E-state index in [4.69, 9.17) is 9.47 Å². The molecular formula is C27H28N4O4S2. The predicted molar refractivity (Wildman–Crippen MR) is 143 cm³/mol. The maximum atomic E-state index is 13.0. The quantitative estimate of drug-likeness (QED) is 0.208. The molecule has 4 rings (SSSR count). The van der Waals surface area contributed by atoms with Gasteiger partial charge in [-0.15, -0.1) is 22.7 Å². The van der Waals surface area contributed by atoms with Gasteiger partial charge in [-0.25, -0.2) is 9.59 Å². The maximum Gasteiger partial charge on any atom is 0.410 e. The Morgan fingerprint density at radius 3 is 1.86 bits per heavy atom. The number of hydrogen-bond acceptors (Lipinski definition) is 8. The van der Waals surface area contributed by atoms with Crippen LogP contribution >= 0.6 is 22.7 Å². The molecule has 0 N–H and O–H groups in total. The zero-order valence-corrected chi connectivity index (χ0v) is 21.9. The molecule has 0 aliphatic heterocycles. The zero-order valence-electron chi connectivity index (χ0n) is 20.3. The van der Waals surface area contributed by atoms with Gasteiger partial charge in [-0.05, 0) is 17.5 Å². The molecule has 37 heavy (non-hydrogen) atoms. The molecule has 0 bridgehead atoms. The minimum Gasteiger partial charge on any atom is -0.449 e. The van der Waals surface area contributed by atoms with Crippen molar-refractivity contribution < 1.29 is 19.1 Å². The van der Waals surface area contributed by atoms with Gasteiger partial charge < -0.3 is 14.4 Å². The van der Waals surface area contributed by atoms with Crippen molar-refractivity contribution >= 4 is 34.9 Å². The molecule has 4 aromatic rings. The molecule has 0 radical (unpaired) electrons. The van der Waals surface area contributed by atoms with Crippen molar-refractivity contribution in [1.29, 1.82) is 0 Å². The first-order chi connectivity index (χ1) is 18.2. The Kier molecular flexibility index (Phi) is 10.0. The molecule has 0 spiro atoms. The lowest BCUT2D eigenvalue weighted by atomic mass is 10.2. The average molecular weight is 537 g/mol. The van der Waals surface area contributed by atoms with Crippen LogP contribution in [-0.2, 0) is 35.7 Å². The lowest BCUT2D eigenvalue weighted by Gasteiger charge is -2.24. The SMILES string of the molecule is O=C(OCc1cncs1)N(CCCOC(=O)N(Cc1ccccc1)Cc1cncs1)Cc1ccccc1. The lowest BCUT2D eigenvalue weighted by molar-refractivity contribution is 0.0811. The molecule has 0 unspecified atom stereocenters. The topological polar surface area (TPSA) is 84.9 Å². The summed E-state index contributed by atoms with van der Waals surface area (Å²) in [4.78, 5) is 39.0. The van der Waals surface area contributed by atoms with Crippen molar-refractivity contribution in [2.24, 2.45) is 0 Å². The summed E-state index contributed by atoms with van der Waals surface area (Å²) in [6, 6.07) is 19.5. The number of hydrogen-bond donors (Lipinski definition) is 0. The molecule has 2 aromatic carbocycles. The molecule has 0 fully saturated rings. The van der Waals surface area contributed by atoms with Gasteiger partial charge >= 0.3 is 12.2 Å². The molecule has 192 valence electrons. The zero-order chi connectivity index (χ0) is 25.7. The lowest BCUT2D eigenvalue weighted by Crippen LogP contribution is -2.34. The third-order valence-corrected chi connectivity index (χ3v) is 6.92. The number of rotatable bonds is 12. The number of carbonyl (C=O) groups is 2. The van der Waals surface area contributed by atoms with E-state index in [1.807, 2.05) is 60.7 Å². The number of carbonyl (C=O) groups excluding carboxylic acids is 2. The number of nitrogens with zero attached hydrogens (tertiary/aromatic N) is 4. The van der Waals surface area contributed by atoms with Gasteiger partial charge in [0.25, 0.3) is 0 Å². The van der Waals surface area contributed by atoms with Crippen molar-refractivity contribution in [3.63, 3.8) is 0 Å². The smallest absolute Gasteiger partial charge is 0.410 e. The Balaban J connectivity index is 1.31. The summed E-state index contributed by atoms with van der Waals surface area (Å²) in [5, 5.41) is 0. The van der Waals surface area contributed by atoms with Crippen LogP contribution in [0.25, 0.3) is 0 Å². The Bertz CT molecular complexity index is 1210. The predicted octanol–water partition coefficient (Wildman–Crippen LogP) is 5.97. The standard InChI is InChI=1S/C27H28N4O4S2/c32-26(35-19-25-15-29-21-37-25)30(16-22-8-3-1-4-9-22)12-7-13-34-27(33)31(18-24-14-28-20-36-24)17-23-10-5-2-6-11-23/h1-6,8-11,14-15,20-21H,7,12-13,16-19H2. The van der Waals surface area contributed by atoms with Crippen LogP contribution < -0.4 is 0 Å². The largest absolute Gasteiger partial charge is 0.449 e. The minimum atomic E-state index is -0.417. The van der Waals surface area contributed by atoms with Crippen molar-refractivity contribution in [2.45, 2.75) is 32.7 Å². The summed E-state index contributed by atoms with van der Waals surface area (Å²) >= 11 is 2.93. The number of amides is 2. The fourth-order valence-corrected chi connectivity index (χ4v) is 4.69. The van der Waals surface area contributed by atoms with E-state index in [0.29, 0.717) is 32.6 Å². The van der Waals surface area contributed by atoms with Crippen molar-refractivity contribution in [2.75, 3.05) is 13.2 Å². The van der Waals surface area contributed by atoms with Gasteiger partial charge in [-0.2, -0.15) is 0 Å². The van der Waals surface area contributed by atoms with E-state index >= 15 is 0 Å². The molecule has 10 heteroatoms. The van der Waals surface area contributed by atoms with Crippen LogP contribution in [0, 0.1) is 0 Å². The maximum absolute atomic E-state index is 13.0. The Hall–Kier alpha value is -3.76. The highest BCUT2D eigenvalue weighted by molar-refractivity contribution is 7.09. The summed E-state index contributed by atoms with van der Waals surface area (Å²) in [6.07, 6.45) is 3.11. The molecule has 0 aliphatic rings. The second kappa shape index (κ2) is 14.1. The third-order valence-electron chi connectivity index (χ3n) is 5.40. The fourth-order valence-electron chi connectivity index (χ4n) is 3.58. The highest BCUT2D eigenvalue weighted by atomic mass is 32.1. The Morgan fingerprint density at radius 1 is 0.703 bits per heavy atom. The second-order valence-corrected chi connectivity index (χ2v) is 10.1. The van der Waals surface area contributed by atoms with Gasteiger partial charge in [0.1, 0.15) is 6.61 Å². The van der Waals surface area contributed by atoms with Gasteiger partial charge in [0, 0.05) is 36.9 Å². The first kappa shape index (κ1) is 26.3. The van der Waals surface area contributed by atoms with Crippen molar-refractivity contribution in [1.82, 2.24) is 19.8 Å². The summed E-state index contributed by atoms with van der Waals surface area (Å²) in [5.74, 6) is 0. The molecule has 2 heterocycles.